The number of piperidine rings is 1. The lowest BCUT2D eigenvalue weighted by Crippen LogP contribution is -2.42. The van der Waals surface area contributed by atoms with E-state index in [2.05, 4.69) is 30.1 Å². The minimum absolute atomic E-state index is 0. The van der Waals surface area contributed by atoms with Gasteiger partial charge in [0.05, 0.1) is 6.33 Å². The molecule has 0 bridgehead atoms. The number of fused-ring (bicyclic) bond motifs is 1. The first-order chi connectivity index (χ1) is 16.3. The lowest BCUT2D eigenvalue weighted by Gasteiger charge is -2.33. The maximum atomic E-state index is 12.5. The summed E-state index contributed by atoms with van der Waals surface area (Å²) in [4.78, 5) is 29.6. The van der Waals surface area contributed by atoms with Gasteiger partial charge in [-0.15, -0.1) is 24.8 Å². The van der Waals surface area contributed by atoms with Crippen LogP contribution in [0.25, 0.3) is 11.2 Å². The summed E-state index contributed by atoms with van der Waals surface area (Å²) in [6.45, 7) is 7.02. The Morgan fingerprint density at radius 1 is 0.971 bits per heavy atom. The second-order valence-corrected chi connectivity index (χ2v) is 9.42. The topological polar surface area (TPSA) is 82.1 Å². The highest BCUT2D eigenvalue weighted by Crippen LogP contribution is 2.21. The molecule has 0 amide bonds. The summed E-state index contributed by atoms with van der Waals surface area (Å²) in [5, 5.41) is 3.18. The Morgan fingerprint density at radius 3 is 2.54 bits per heavy atom. The molecule has 10 heteroatoms. The SMILES string of the molecule is Cl.Cl.O=c1[nH]c(Nc2ccccc2)nc2c1ncn2CCCCN1CCCC1CN1CCCCC1. The van der Waals surface area contributed by atoms with Crippen LogP contribution in [0.2, 0.25) is 0 Å². The van der Waals surface area contributed by atoms with E-state index < -0.39 is 0 Å². The van der Waals surface area contributed by atoms with Crippen LogP contribution in [0.5, 0.6) is 0 Å². The molecule has 4 heterocycles. The number of halogens is 2. The minimum atomic E-state index is -0.213. The summed E-state index contributed by atoms with van der Waals surface area (Å²) in [6.07, 6.45) is 10.7. The largest absolute Gasteiger partial charge is 0.326 e. The molecule has 2 aromatic heterocycles. The van der Waals surface area contributed by atoms with Crippen LogP contribution in [0.1, 0.15) is 44.9 Å². The third-order valence-electron chi connectivity index (χ3n) is 7.02. The molecule has 2 aliphatic heterocycles. The molecule has 2 aliphatic rings. The first-order valence-electron chi connectivity index (χ1n) is 12.5. The van der Waals surface area contributed by atoms with Crippen molar-refractivity contribution in [3.8, 4) is 0 Å². The van der Waals surface area contributed by atoms with Gasteiger partial charge in [0.2, 0.25) is 5.95 Å². The van der Waals surface area contributed by atoms with Crippen molar-refractivity contribution < 1.29 is 0 Å². The average molecular weight is 523 g/mol. The van der Waals surface area contributed by atoms with Gasteiger partial charge in [-0.1, -0.05) is 24.6 Å². The van der Waals surface area contributed by atoms with E-state index in [1.807, 2.05) is 34.9 Å². The maximum Gasteiger partial charge on any atom is 0.280 e. The van der Waals surface area contributed by atoms with Gasteiger partial charge in [0, 0.05) is 24.8 Å². The lowest BCUT2D eigenvalue weighted by atomic mass is 10.1. The number of para-hydroxylation sites is 1. The number of aromatic nitrogens is 4. The fourth-order valence-electron chi connectivity index (χ4n) is 5.27. The van der Waals surface area contributed by atoms with Gasteiger partial charge in [0.25, 0.3) is 5.56 Å². The van der Waals surface area contributed by atoms with Crippen molar-refractivity contribution in [1.29, 1.82) is 0 Å². The third-order valence-corrected chi connectivity index (χ3v) is 7.02. The van der Waals surface area contributed by atoms with E-state index in [0.717, 1.165) is 37.7 Å². The summed E-state index contributed by atoms with van der Waals surface area (Å²) >= 11 is 0. The molecule has 8 nitrogen and oxygen atoms in total. The maximum absolute atomic E-state index is 12.5. The van der Waals surface area contributed by atoms with E-state index in [9.17, 15) is 4.79 Å². The first kappa shape index (κ1) is 27.5. The van der Waals surface area contributed by atoms with Crippen molar-refractivity contribution in [3.05, 3.63) is 47.0 Å². The van der Waals surface area contributed by atoms with E-state index in [4.69, 9.17) is 0 Å². The Labute approximate surface area is 219 Å². The average Bonchev–Trinajstić information content (AvgIpc) is 3.45. The number of H-pyrrole nitrogens is 1. The van der Waals surface area contributed by atoms with Gasteiger partial charge >= 0.3 is 0 Å². The van der Waals surface area contributed by atoms with Gasteiger partial charge in [-0.25, -0.2) is 4.98 Å². The Morgan fingerprint density at radius 2 is 1.74 bits per heavy atom. The van der Waals surface area contributed by atoms with E-state index in [1.165, 1.54) is 58.3 Å². The fourth-order valence-corrected chi connectivity index (χ4v) is 5.27. The van der Waals surface area contributed by atoms with Crippen LogP contribution in [-0.2, 0) is 6.54 Å². The normalized spacial score (nSPS) is 18.8. The molecule has 1 unspecified atom stereocenters. The highest BCUT2D eigenvalue weighted by molar-refractivity contribution is 5.85. The number of rotatable bonds is 9. The van der Waals surface area contributed by atoms with Crippen molar-refractivity contribution in [3.63, 3.8) is 0 Å². The highest BCUT2D eigenvalue weighted by Gasteiger charge is 2.26. The van der Waals surface area contributed by atoms with Crippen molar-refractivity contribution in [2.24, 2.45) is 0 Å². The standard InChI is InChI=1S/C25H35N7O.2ClH/c33-24-22-23(28-25(29-24)27-20-10-3-1-4-11-20)32(19-26-22)16-8-7-15-31-17-9-12-21(31)18-30-13-5-2-6-14-30;;/h1,3-4,10-11,19,21H,2,5-9,12-18H2,(H2,27,28,29,33);2*1H. The zero-order valence-corrected chi connectivity index (χ0v) is 21.8. The molecular formula is C25H37Cl2N7O. The van der Waals surface area contributed by atoms with Gasteiger partial charge in [-0.2, -0.15) is 4.98 Å². The predicted molar refractivity (Wildman–Crippen MR) is 146 cm³/mol. The predicted octanol–water partition coefficient (Wildman–Crippen LogP) is 4.44. The number of likely N-dealkylation sites (tertiary alicyclic amines) is 2. The number of aryl methyl sites for hydroxylation is 1. The van der Waals surface area contributed by atoms with E-state index in [1.54, 1.807) is 6.33 Å². The summed E-state index contributed by atoms with van der Waals surface area (Å²) in [5.41, 5.74) is 1.71. The number of hydrogen-bond donors (Lipinski definition) is 2. The number of unbranched alkanes of at least 4 members (excludes halogenated alkanes) is 1. The first-order valence-corrected chi connectivity index (χ1v) is 12.5. The van der Waals surface area contributed by atoms with Crippen LogP contribution >= 0.6 is 24.8 Å². The number of imidazole rings is 1. The van der Waals surface area contributed by atoms with E-state index in [-0.39, 0.29) is 30.4 Å². The number of nitrogens with one attached hydrogen (secondary N) is 2. The van der Waals surface area contributed by atoms with Crippen molar-refractivity contribution in [1.82, 2.24) is 29.3 Å². The Bertz CT molecular complexity index is 1100. The second kappa shape index (κ2) is 13.3. The molecule has 2 saturated heterocycles. The Hall–Kier alpha value is -2.13. The summed E-state index contributed by atoms with van der Waals surface area (Å²) in [6, 6.07) is 10.5. The molecule has 5 rings (SSSR count). The number of hydrogen-bond acceptors (Lipinski definition) is 6. The van der Waals surface area contributed by atoms with E-state index >= 15 is 0 Å². The number of nitrogens with zero attached hydrogens (tertiary/aromatic N) is 5. The molecular weight excluding hydrogens is 485 g/mol. The van der Waals surface area contributed by atoms with Crippen molar-refractivity contribution >= 4 is 47.6 Å². The smallest absolute Gasteiger partial charge is 0.280 e. The van der Waals surface area contributed by atoms with Crippen LogP contribution in [-0.4, -0.2) is 68.1 Å². The minimum Gasteiger partial charge on any atom is -0.326 e. The second-order valence-electron chi connectivity index (χ2n) is 9.42. The quantitative estimate of drug-likeness (QED) is 0.405. The van der Waals surface area contributed by atoms with Crippen molar-refractivity contribution in [2.75, 3.05) is 38.0 Å². The van der Waals surface area contributed by atoms with Gasteiger partial charge < -0.3 is 14.8 Å². The lowest BCUT2D eigenvalue weighted by molar-refractivity contribution is 0.152. The molecule has 35 heavy (non-hydrogen) atoms. The molecule has 0 saturated carbocycles. The monoisotopic (exact) mass is 521 g/mol. The van der Waals surface area contributed by atoms with Crippen molar-refractivity contribution in [2.45, 2.75) is 57.5 Å². The molecule has 1 aromatic carbocycles. The van der Waals surface area contributed by atoms with E-state index in [0.29, 0.717) is 17.1 Å². The summed E-state index contributed by atoms with van der Waals surface area (Å²) in [5.74, 6) is 0.443. The molecule has 1 atom stereocenters. The highest BCUT2D eigenvalue weighted by atomic mass is 35.5. The molecule has 0 aliphatic carbocycles. The van der Waals surface area contributed by atoms with Crippen LogP contribution < -0.4 is 10.9 Å². The molecule has 0 spiro atoms. The van der Waals surface area contributed by atoms with Gasteiger partial charge in [0.15, 0.2) is 11.2 Å². The number of anilines is 2. The molecule has 2 N–H and O–H groups in total. The number of benzene rings is 1. The zero-order chi connectivity index (χ0) is 22.5. The fraction of sp³-hybridized carbons (Fsp3) is 0.560. The zero-order valence-electron chi connectivity index (χ0n) is 20.2. The molecule has 3 aromatic rings. The van der Waals surface area contributed by atoms with Crippen LogP contribution in [0.3, 0.4) is 0 Å². The van der Waals surface area contributed by atoms with Gasteiger partial charge in [0.1, 0.15) is 0 Å². The van der Waals surface area contributed by atoms with Crippen LogP contribution in [0.15, 0.2) is 41.5 Å². The van der Waals surface area contributed by atoms with Gasteiger partial charge in [-0.3, -0.25) is 14.7 Å². The Balaban J connectivity index is 0.00000171. The number of aromatic amines is 1. The molecule has 2 fully saturated rings. The van der Waals surface area contributed by atoms with Crippen LogP contribution in [0, 0.1) is 0 Å². The summed E-state index contributed by atoms with van der Waals surface area (Å²) < 4.78 is 2.01. The van der Waals surface area contributed by atoms with Gasteiger partial charge in [-0.05, 0) is 76.8 Å². The molecule has 0 radical (unpaired) electrons. The molecule has 192 valence electrons. The Kier molecular flexibility index (Phi) is 10.4. The summed E-state index contributed by atoms with van der Waals surface area (Å²) in [7, 11) is 0. The third kappa shape index (κ3) is 6.97. The van der Waals surface area contributed by atoms with Crippen LogP contribution in [0.4, 0.5) is 11.6 Å².